The standard InChI is InChI=1S/C10H22N3O/c1-7-9(3,13(11)12-5)10(4,8-2)14-6/h5H,7-8,11H2,1-4,6H3/q+1. The fraction of sp³-hybridized carbons (Fsp3) is 0.900. The monoisotopic (exact) mass is 200 g/mol. The molecule has 0 saturated carbocycles. The lowest BCUT2D eigenvalue weighted by molar-refractivity contribution is -0.110. The summed E-state index contributed by atoms with van der Waals surface area (Å²) in [6.07, 6.45) is 1.65. The van der Waals surface area contributed by atoms with Crippen LogP contribution in [-0.2, 0) is 4.74 Å². The average molecular weight is 200 g/mol. The molecule has 0 aliphatic carbocycles. The van der Waals surface area contributed by atoms with Crippen molar-refractivity contribution in [3.05, 3.63) is 4.95 Å². The lowest BCUT2D eigenvalue weighted by atomic mass is 9.78. The Kier molecular flexibility index (Phi) is 4.37. The van der Waals surface area contributed by atoms with E-state index in [2.05, 4.69) is 11.9 Å². The zero-order valence-corrected chi connectivity index (χ0v) is 9.87. The molecule has 0 aliphatic heterocycles. The third kappa shape index (κ3) is 1.84. The molecule has 0 heterocycles. The van der Waals surface area contributed by atoms with E-state index in [-0.39, 0.29) is 5.60 Å². The minimum atomic E-state index is -0.398. The molecule has 4 nitrogen and oxygen atoms in total. The second-order valence-corrected chi connectivity index (χ2v) is 3.88. The van der Waals surface area contributed by atoms with Crippen molar-refractivity contribution in [3.8, 4) is 6.57 Å². The zero-order valence-electron chi connectivity index (χ0n) is 9.87. The highest BCUT2D eigenvalue weighted by Crippen LogP contribution is 2.35. The molecular formula is C10H22N3O+. The summed E-state index contributed by atoms with van der Waals surface area (Å²) in [6, 6.07) is 0. The van der Waals surface area contributed by atoms with Crippen LogP contribution in [0.25, 0.3) is 4.95 Å². The smallest absolute Gasteiger partial charge is 0.306 e. The molecule has 0 spiro atoms. The van der Waals surface area contributed by atoms with E-state index in [0.717, 1.165) is 12.8 Å². The number of methoxy groups -OCH3 is 1. The molecule has 2 unspecified atom stereocenters. The topological polar surface area (TPSA) is 42.8 Å². The van der Waals surface area contributed by atoms with Crippen LogP contribution in [0.3, 0.4) is 0 Å². The third-order valence-electron chi connectivity index (χ3n) is 3.58. The largest absolute Gasteiger partial charge is 0.376 e. The fourth-order valence-corrected chi connectivity index (χ4v) is 1.65. The molecule has 0 aromatic rings. The summed E-state index contributed by atoms with van der Waals surface area (Å²) < 4.78 is 5.53. The van der Waals surface area contributed by atoms with Gasteiger partial charge in [0.15, 0.2) is 5.54 Å². The average Bonchev–Trinajstić information content (AvgIpc) is 2.25. The Hall–Kier alpha value is -0.790. The van der Waals surface area contributed by atoms with Gasteiger partial charge in [-0.3, -0.25) is 0 Å². The normalized spacial score (nSPS) is 19.2. The zero-order chi connectivity index (χ0) is 11.4. The minimum absolute atomic E-state index is 0.362. The summed E-state index contributed by atoms with van der Waals surface area (Å²) in [5.74, 6) is 5.76. The van der Waals surface area contributed by atoms with Crippen molar-refractivity contribution in [2.75, 3.05) is 7.11 Å². The molecule has 14 heavy (non-hydrogen) atoms. The van der Waals surface area contributed by atoms with E-state index in [1.165, 1.54) is 5.12 Å². The number of hydrogen-bond acceptors (Lipinski definition) is 3. The van der Waals surface area contributed by atoms with Gasteiger partial charge in [-0.2, -0.15) is 5.84 Å². The number of rotatable bonds is 5. The molecule has 2 N–H and O–H groups in total. The Balaban J connectivity index is 5.12. The Labute approximate surface area is 86.8 Å². The molecule has 0 rings (SSSR count). The van der Waals surface area contributed by atoms with Crippen molar-refractivity contribution in [1.29, 1.82) is 0 Å². The van der Waals surface area contributed by atoms with Crippen LogP contribution in [0.15, 0.2) is 0 Å². The Bertz CT molecular complexity index is 220. The van der Waals surface area contributed by atoms with Crippen molar-refractivity contribution in [1.82, 2.24) is 5.12 Å². The predicted octanol–water partition coefficient (Wildman–Crippen LogP) is 2.02. The van der Waals surface area contributed by atoms with Gasteiger partial charge in [-0.15, -0.1) is 0 Å². The van der Waals surface area contributed by atoms with Crippen molar-refractivity contribution in [2.45, 2.75) is 51.7 Å². The van der Waals surface area contributed by atoms with Crippen LogP contribution in [0.5, 0.6) is 0 Å². The molecule has 0 aromatic heterocycles. The van der Waals surface area contributed by atoms with Crippen molar-refractivity contribution in [3.63, 3.8) is 0 Å². The maximum absolute atomic E-state index is 5.76. The van der Waals surface area contributed by atoms with Crippen LogP contribution in [-0.4, -0.2) is 23.4 Å². The van der Waals surface area contributed by atoms with Crippen molar-refractivity contribution < 1.29 is 4.74 Å². The first-order valence-corrected chi connectivity index (χ1v) is 4.92. The van der Waals surface area contributed by atoms with Gasteiger partial charge in [-0.25, -0.2) is 0 Å². The molecule has 0 aromatic carbocycles. The first-order chi connectivity index (χ1) is 6.41. The highest BCUT2D eigenvalue weighted by molar-refractivity contribution is 5.01. The fourth-order valence-electron chi connectivity index (χ4n) is 1.65. The van der Waals surface area contributed by atoms with E-state index in [1.807, 2.05) is 20.8 Å². The lowest BCUT2D eigenvalue weighted by Crippen LogP contribution is -2.61. The van der Waals surface area contributed by atoms with E-state index < -0.39 is 5.54 Å². The van der Waals surface area contributed by atoms with Crippen LogP contribution < -0.4 is 5.84 Å². The van der Waals surface area contributed by atoms with Gasteiger partial charge in [-0.05, 0) is 26.7 Å². The van der Waals surface area contributed by atoms with Gasteiger partial charge in [0.25, 0.3) is 0 Å². The Morgan fingerprint density at radius 2 is 1.86 bits per heavy atom. The summed E-state index contributed by atoms with van der Waals surface area (Å²) >= 11 is 0. The second kappa shape index (κ2) is 4.63. The van der Waals surface area contributed by atoms with Crippen LogP contribution in [0.2, 0.25) is 0 Å². The maximum atomic E-state index is 5.76. The quantitative estimate of drug-likeness (QED) is 0.545. The highest BCUT2D eigenvalue weighted by Gasteiger charge is 2.51. The first kappa shape index (κ1) is 13.2. The molecular weight excluding hydrogens is 178 g/mol. The highest BCUT2D eigenvalue weighted by atomic mass is 16.5. The second-order valence-electron chi connectivity index (χ2n) is 3.88. The van der Waals surface area contributed by atoms with Gasteiger partial charge in [0.1, 0.15) is 0 Å². The molecule has 0 amide bonds. The van der Waals surface area contributed by atoms with E-state index in [9.17, 15) is 0 Å². The third-order valence-corrected chi connectivity index (χ3v) is 3.58. The summed E-state index contributed by atoms with van der Waals surface area (Å²) in [5, 5.41) is 1.29. The molecule has 0 saturated heterocycles. The summed E-state index contributed by atoms with van der Waals surface area (Å²) in [6.45, 7) is 13.3. The summed E-state index contributed by atoms with van der Waals surface area (Å²) in [4.78, 5) is 3.52. The molecule has 0 fully saturated rings. The maximum Gasteiger partial charge on any atom is 0.306 e. The van der Waals surface area contributed by atoms with E-state index in [0.29, 0.717) is 0 Å². The van der Waals surface area contributed by atoms with Crippen molar-refractivity contribution >= 4 is 0 Å². The van der Waals surface area contributed by atoms with Crippen molar-refractivity contribution in [2.24, 2.45) is 5.84 Å². The van der Waals surface area contributed by atoms with E-state index in [1.54, 1.807) is 7.11 Å². The Morgan fingerprint density at radius 1 is 1.36 bits per heavy atom. The van der Waals surface area contributed by atoms with Gasteiger partial charge in [-0.1, -0.05) is 13.8 Å². The molecule has 0 radical (unpaired) electrons. The number of hydrogen-bond donors (Lipinski definition) is 1. The number of hydrazine groups is 1. The van der Waals surface area contributed by atoms with Crippen LogP contribution in [0.4, 0.5) is 0 Å². The lowest BCUT2D eigenvalue weighted by Gasteiger charge is -2.42. The Morgan fingerprint density at radius 3 is 2.07 bits per heavy atom. The predicted molar refractivity (Wildman–Crippen MR) is 58.7 cm³/mol. The summed E-state index contributed by atoms with van der Waals surface area (Å²) in [7, 11) is 1.68. The molecule has 4 heteroatoms. The molecule has 82 valence electrons. The number of nitrogens with zero attached hydrogens (tertiary/aromatic N) is 2. The first-order valence-electron chi connectivity index (χ1n) is 4.92. The van der Waals surface area contributed by atoms with Crippen LogP contribution in [0.1, 0.15) is 40.5 Å². The van der Waals surface area contributed by atoms with Gasteiger partial charge >= 0.3 is 6.57 Å². The van der Waals surface area contributed by atoms with Crippen LogP contribution >= 0.6 is 0 Å². The summed E-state index contributed by atoms with van der Waals surface area (Å²) in [5.41, 5.74) is -0.759. The number of ether oxygens (including phenoxy) is 1. The minimum Gasteiger partial charge on any atom is -0.376 e. The molecule has 0 aliphatic rings. The van der Waals surface area contributed by atoms with Gasteiger partial charge in [0.05, 0.1) is 10.6 Å². The van der Waals surface area contributed by atoms with Gasteiger partial charge in [0, 0.05) is 12.2 Å². The van der Waals surface area contributed by atoms with Gasteiger partial charge < -0.3 is 4.74 Å². The number of nitrogens with two attached hydrogens (primary N) is 1. The molecule has 2 atom stereocenters. The SMILES string of the molecule is C#[N+]N(N)C(C)(CC)C(C)(CC)OC. The van der Waals surface area contributed by atoms with Crippen LogP contribution in [0, 0.1) is 6.57 Å². The van der Waals surface area contributed by atoms with E-state index >= 15 is 0 Å². The van der Waals surface area contributed by atoms with E-state index in [4.69, 9.17) is 17.2 Å². The molecule has 0 bridgehead atoms. The van der Waals surface area contributed by atoms with Gasteiger partial charge in [0.2, 0.25) is 0 Å².